The topological polar surface area (TPSA) is 81.5 Å². The van der Waals surface area contributed by atoms with Crippen molar-refractivity contribution >= 4 is 17.3 Å². The number of nitrogens with one attached hydrogen (secondary N) is 1. The molecule has 0 fully saturated rings. The van der Waals surface area contributed by atoms with Gasteiger partial charge in [0.1, 0.15) is 5.75 Å². The molecule has 0 aliphatic rings. The minimum atomic E-state index is -0.496. The van der Waals surface area contributed by atoms with Gasteiger partial charge < -0.3 is 10.1 Å². The van der Waals surface area contributed by atoms with E-state index in [1.165, 1.54) is 17.7 Å². The minimum Gasteiger partial charge on any atom is -0.484 e. The lowest BCUT2D eigenvalue weighted by Gasteiger charge is -2.11. The molecular formula is C19H22N2O4. The van der Waals surface area contributed by atoms with E-state index in [4.69, 9.17) is 4.74 Å². The van der Waals surface area contributed by atoms with Crippen LogP contribution in [0.4, 0.5) is 11.4 Å². The normalized spacial score (nSPS) is 11.6. The van der Waals surface area contributed by atoms with Crippen molar-refractivity contribution in [2.45, 2.75) is 33.1 Å². The van der Waals surface area contributed by atoms with Crippen molar-refractivity contribution < 1.29 is 14.5 Å². The number of nitro groups is 1. The Bertz CT molecular complexity index is 757. The summed E-state index contributed by atoms with van der Waals surface area (Å²) < 4.78 is 5.48. The number of carbonyl (C=O) groups is 1. The molecule has 6 heteroatoms. The molecule has 0 aromatic heterocycles. The quantitative estimate of drug-likeness (QED) is 0.596. The zero-order valence-electron chi connectivity index (χ0n) is 14.6. The van der Waals surface area contributed by atoms with Crippen molar-refractivity contribution in [3.8, 4) is 5.75 Å². The predicted octanol–water partition coefficient (Wildman–Crippen LogP) is 4.43. The average Bonchev–Trinajstić information content (AvgIpc) is 2.61. The second-order valence-electron chi connectivity index (χ2n) is 5.97. The maximum absolute atomic E-state index is 12.0. The summed E-state index contributed by atoms with van der Waals surface area (Å²) in [6.07, 6.45) is 1.06. The van der Waals surface area contributed by atoms with Gasteiger partial charge in [-0.3, -0.25) is 14.9 Å². The zero-order valence-corrected chi connectivity index (χ0v) is 14.6. The van der Waals surface area contributed by atoms with E-state index in [1.54, 1.807) is 13.0 Å². The van der Waals surface area contributed by atoms with Gasteiger partial charge in [0.15, 0.2) is 6.61 Å². The van der Waals surface area contributed by atoms with Crippen LogP contribution in [0, 0.1) is 17.0 Å². The highest BCUT2D eigenvalue weighted by atomic mass is 16.6. The van der Waals surface area contributed by atoms with Crippen molar-refractivity contribution in [2.24, 2.45) is 0 Å². The van der Waals surface area contributed by atoms with E-state index in [0.717, 1.165) is 12.0 Å². The number of amides is 1. The molecule has 2 aromatic carbocycles. The van der Waals surface area contributed by atoms with Gasteiger partial charge in [0, 0.05) is 12.1 Å². The number of anilines is 1. The summed E-state index contributed by atoms with van der Waals surface area (Å²) in [5, 5.41) is 13.5. The maximum Gasteiger partial charge on any atom is 0.271 e. The van der Waals surface area contributed by atoms with Crippen LogP contribution in [0.1, 0.15) is 37.3 Å². The van der Waals surface area contributed by atoms with Crippen molar-refractivity contribution in [1.29, 1.82) is 0 Å². The van der Waals surface area contributed by atoms with Crippen LogP contribution in [0.3, 0.4) is 0 Å². The van der Waals surface area contributed by atoms with Gasteiger partial charge in [-0.1, -0.05) is 32.0 Å². The van der Waals surface area contributed by atoms with E-state index < -0.39 is 4.92 Å². The third kappa shape index (κ3) is 5.04. The Hall–Kier alpha value is -2.89. The number of nitrogens with zero attached hydrogens (tertiary/aromatic N) is 1. The molecule has 25 heavy (non-hydrogen) atoms. The Morgan fingerprint density at radius 1 is 1.24 bits per heavy atom. The number of hydrogen-bond acceptors (Lipinski definition) is 4. The highest BCUT2D eigenvalue weighted by Crippen LogP contribution is 2.23. The van der Waals surface area contributed by atoms with Crippen LogP contribution in [-0.2, 0) is 4.79 Å². The molecule has 0 saturated carbocycles. The third-order valence-electron chi connectivity index (χ3n) is 4.14. The largest absolute Gasteiger partial charge is 0.484 e. The average molecular weight is 342 g/mol. The van der Waals surface area contributed by atoms with Gasteiger partial charge in [-0.25, -0.2) is 0 Å². The Morgan fingerprint density at radius 2 is 1.92 bits per heavy atom. The molecular weight excluding hydrogens is 320 g/mol. The monoisotopic (exact) mass is 342 g/mol. The summed E-state index contributed by atoms with van der Waals surface area (Å²) in [5.41, 5.74) is 2.32. The highest BCUT2D eigenvalue weighted by Gasteiger charge is 2.11. The first-order valence-electron chi connectivity index (χ1n) is 8.18. The standard InChI is InChI=1S/C19H22N2O4/c1-4-13(2)15-6-9-17(10-7-15)25-12-19(22)20-18-11-16(21(23)24)8-5-14(18)3/h5-11,13H,4,12H2,1-3H3,(H,20,22). The van der Waals surface area contributed by atoms with E-state index >= 15 is 0 Å². The summed E-state index contributed by atoms with van der Waals surface area (Å²) in [6.45, 7) is 5.90. The van der Waals surface area contributed by atoms with Gasteiger partial charge in [-0.2, -0.15) is 0 Å². The zero-order chi connectivity index (χ0) is 18.4. The molecule has 1 amide bonds. The highest BCUT2D eigenvalue weighted by molar-refractivity contribution is 5.93. The van der Waals surface area contributed by atoms with Crippen LogP contribution in [0.15, 0.2) is 42.5 Å². The van der Waals surface area contributed by atoms with Gasteiger partial charge in [0.25, 0.3) is 11.6 Å². The summed E-state index contributed by atoms with van der Waals surface area (Å²) in [5.74, 6) is 0.724. The molecule has 0 aliphatic heterocycles. The van der Waals surface area contributed by atoms with Crippen LogP contribution < -0.4 is 10.1 Å². The summed E-state index contributed by atoms with van der Waals surface area (Å²) >= 11 is 0. The molecule has 1 unspecified atom stereocenters. The Kier molecular flexibility index (Phi) is 6.11. The first kappa shape index (κ1) is 18.4. The Morgan fingerprint density at radius 3 is 2.52 bits per heavy atom. The van der Waals surface area contributed by atoms with Crippen molar-refractivity contribution in [3.05, 3.63) is 63.7 Å². The maximum atomic E-state index is 12.0. The lowest BCUT2D eigenvalue weighted by Crippen LogP contribution is -2.20. The van der Waals surface area contributed by atoms with Gasteiger partial charge in [-0.05, 0) is 42.5 Å². The molecule has 1 atom stereocenters. The predicted molar refractivity (Wildman–Crippen MR) is 97.1 cm³/mol. The lowest BCUT2D eigenvalue weighted by atomic mass is 9.99. The molecule has 0 aliphatic carbocycles. The molecule has 132 valence electrons. The van der Waals surface area contributed by atoms with Crippen LogP contribution in [-0.4, -0.2) is 17.4 Å². The fraction of sp³-hybridized carbons (Fsp3) is 0.316. The first-order chi connectivity index (χ1) is 11.9. The summed E-state index contributed by atoms with van der Waals surface area (Å²) in [4.78, 5) is 22.4. The van der Waals surface area contributed by atoms with E-state index in [0.29, 0.717) is 17.4 Å². The van der Waals surface area contributed by atoms with E-state index in [-0.39, 0.29) is 18.2 Å². The lowest BCUT2D eigenvalue weighted by molar-refractivity contribution is -0.384. The van der Waals surface area contributed by atoms with Crippen LogP contribution >= 0.6 is 0 Å². The molecule has 1 N–H and O–H groups in total. The van der Waals surface area contributed by atoms with E-state index in [2.05, 4.69) is 19.2 Å². The van der Waals surface area contributed by atoms with E-state index in [9.17, 15) is 14.9 Å². The van der Waals surface area contributed by atoms with Crippen molar-refractivity contribution in [2.75, 3.05) is 11.9 Å². The summed E-state index contributed by atoms with van der Waals surface area (Å²) in [7, 11) is 0. The molecule has 6 nitrogen and oxygen atoms in total. The summed E-state index contributed by atoms with van der Waals surface area (Å²) in [6, 6.07) is 12.0. The fourth-order valence-corrected chi connectivity index (χ4v) is 2.32. The molecule has 0 heterocycles. The first-order valence-corrected chi connectivity index (χ1v) is 8.18. The smallest absolute Gasteiger partial charge is 0.271 e. The number of carbonyl (C=O) groups excluding carboxylic acids is 1. The van der Waals surface area contributed by atoms with E-state index in [1.807, 2.05) is 24.3 Å². The van der Waals surface area contributed by atoms with Crippen LogP contribution in [0.2, 0.25) is 0 Å². The molecule has 0 saturated heterocycles. The molecule has 0 radical (unpaired) electrons. The SMILES string of the molecule is CCC(C)c1ccc(OCC(=O)Nc2cc([N+](=O)[O-])ccc2C)cc1. The van der Waals surface area contributed by atoms with Crippen molar-refractivity contribution in [1.82, 2.24) is 0 Å². The van der Waals surface area contributed by atoms with Gasteiger partial charge in [0.2, 0.25) is 0 Å². The minimum absolute atomic E-state index is 0.0672. The number of nitro benzene ring substituents is 1. The van der Waals surface area contributed by atoms with Gasteiger partial charge in [0.05, 0.1) is 10.6 Å². The number of benzene rings is 2. The Labute approximate surface area is 147 Å². The van der Waals surface area contributed by atoms with Crippen molar-refractivity contribution in [3.63, 3.8) is 0 Å². The molecule has 0 spiro atoms. The number of non-ortho nitro benzene ring substituents is 1. The number of aryl methyl sites for hydroxylation is 1. The van der Waals surface area contributed by atoms with Crippen LogP contribution in [0.5, 0.6) is 5.75 Å². The number of ether oxygens (including phenoxy) is 1. The third-order valence-corrected chi connectivity index (χ3v) is 4.14. The number of rotatable bonds is 7. The molecule has 2 aromatic rings. The second kappa shape index (κ2) is 8.28. The Balaban J connectivity index is 1.95. The number of hydrogen-bond donors (Lipinski definition) is 1. The van der Waals surface area contributed by atoms with Gasteiger partial charge >= 0.3 is 0 Å². The van der Waals surface area contributed by atoms with Crippen LogP contribution in [0.25, 0.3) is 0 Å². The molecule has 2 rings (SSSR count). The fourth-order valence-electron chi connectivity index (χ4n) is 2.32. The second-order valence-corrected chi connectivity index (χ2v) is 5.97. The molecule has 0 bridgehead atoms. The van der Waals surface area contributed by atoms with Gasteiger partial charge in [-0.15, -0.1) is 0 Å².